The summed E-state index contributed by atoms with van der Waals surface area (Å²) in [5, 5.41) is 3.48. The molecule has 24 heavy (non-hydrogen) atoms. The van der Waals surface area contributed by atoms with Crippen LogP contribution < -0.4 is 10.2 Å². The number of rotatable bonds is 9. The summed E-state index contributed by atoms with van der Waals surface area (Å²) in [6.07, 6.45) is 3.71. The van der Waals surface area contributed by atoms with E-state index in [1.54, 1.807) is 0 Å². The van der Waals surface area contributed by atoms with E-state index in [1.165, 1.54) is 17.7 Å². The zero-order valence-corrected chi connectivity index (χ0v) is 14.5. The summed E-state index contributed by atoms with van der Waals surface area (Å²) in [7, 11) is 0. The monoisotopic (exact) mass is 334 g/mol. The van der Waals surface area contributed by atoms with Gasteiger partial charge in [0.25, 0.3) is 0 Å². The molecule has 1 aromatic carbocycles. The van der Waals surface area contributed by atoms with Crippen LogP contribution in [0, 0.1) is 0 Å². The van der Waals surface area contributed by atoms with Crippen LogP contribution in [0.5, 0.6) is 0 Å². The van der Waals surface area contributed by atoms with Crippen LogP contribution in [0.3, 0.4) is 0 Å². The van der Waals surface area contributed by atoms with Gasteiger partial charge in [0, 0.05) is 38.5 Å². The van der Waals surface area contributed by atoms with Crippen LogP contribution in [0.2, 0.25) is 0 Å². The molecule has 2 aliphatic heterocycles. The Morgan fingerprint density at radius 1 is 1.12 bits per heavy atom. The molecule has 5 nitrogen and oxygen atoms in total. The summed E-state index contributed by atoms with van der Waals surface area (Å²) in [5.74, 6) is 0. The number of ether oxygens (including phenoxy) is 3. The largest absolute Gasteiger partial charge is 0.379 e. The summed E-state index contributed by atoms with van der Waals surface area (Å²) < 4.78 is 16.6. The van der Waals surface area contributed by atoms with E-state index < -0.39 is 0 Å². The first-order chi connectivity index (χ1) is 11.9. The second-order valence-corrected chi connectivity index (χ2v) is 6.51. The van der Waals surface area contributed by atoms with E-state index in [0.29, 0.717) is 6.10 Å². The normalized spacial score (nSPS) is 21.3. The molecule has 5 heteroatoms. The Hall–Kier alpha value is -1.14. The van der Waals surface area contributed by atoms with E-state index in [-0.39, 0.29) is 0 Å². The minimum absolute atomic E-state index is 0.336. The van der Waals surface area contributed by atoms with Crippen LogP contribution in [-0.4, -0.2) is 58.8 Å². The Kier molecular flexibility index (Phi) is 7.36. The summed E-state index contributed by atoms with van der Waals surface area (Å²) in [4.78, 5) is 2.38. The first-order valence-electron chi connectivity index (χ1n) is 9.23. The molecule has 0 amide bonds. The molecule has 1 unspecified atom stereocenters. The molecule has 2 heterocycles. The molecule has 1 aromatic rings. The third-order valence-corrected chi connectivity index (χ3v) is 4.61. The van der Waals surface area contributed by atoms with Gasteiger partial charge >= 0.3 is 0 Å². The standard InChI is InChI=1S/C19H30N2O3/c1-3-19(24-12-1)16-23-11-2-8-20-15-17-4-6-18(7-5-17)21-9-13-22-14-10-21/h4-7,19-20H,1-3,8-16H2. The van der Waals surface area contributed by atoms with E-state index in [4.69, 9.17) is 14.2 Å². The highest BCUT2D eigenvalue weighted by Crippen LogP contribution is 2.16. The molecule has 3 rings (SSSR count). The lowest BCUT2D eigenvalue weighted by Crippen LogP contribution is -2.36. The van der Waals surface area contributed by atoms with Crippen LogP contribution in [0.25, 0.3) is 0 Å². The number of hydrogen-bond acceptors (Lipinski definition) is 5. The number of nitrogens with zero attached hydrogens (tertiary/aromatic N) is 1. The second kappa shape index (κ2) is 9.99. The maximum atomic E-state index is 5.67. The highest BCUT2D eigenvalue weighted by molar-refractivity contribution is 5.47. The lowest BCUT2D eigenvalue weighted by Gasteiger charge is -2.28. The molecule has 0 radical (unpaired) electrons. The van der Waals surface area contributed by atoms with Crippen molar-refractivity contribution in [1.29, 1.82) is 0 Å². The van der Waals surface area contributed by atoms with Gasteiger partial charge < -0.3 is 24.4 Å². The molecule has 0 aliphatic carbocycles. The zero-order chi connectivity index (χ0) is 16.5. The van der Waals surface area contributed by atoms with Gasteiger partial charge in [0.1, 0.15) is 0 Å². The highest BCUT2D eigenvalue weighted by Gasteiger charge is 2.14. The van der Waals surface area contributed by atoms with Gasteiger partial charge in [-0.1, -0.05) is 12.1 Å². The Bertz CT molecular complexity index is 454. The Morgan fingerprint density at radius 3 is 2.71 bits per heavy atom. The van der Waals surface area contributed by atoms with Crippen molar-refractivity contribution in [2.24, 2.45) is 0 Å². The molecule has 0 saturated carbocycles. The Labute approximate surface area is 145 Å². The van der Waals surface area contributed by atoms with Crippen molar-refractivity contribution in [3.05, 3.63) is 29.8 Å². The number of nitrogens with one attached hydrogen (secondary N) is 1. The molecule has 0 bridgehead atoms. The van der Waals surface area contributed by atoms with Crippen molar-refractivity contribution in [1.82, 2.24) is 5.32 Å². The molecule has 1 N–H and O–H groups in total. The van der Waals surface area contributed by atoms with Crippen molar-refractivity contribution in [3.63, 3.8) is 0 Å². The average Bonchev–Trinajstić information content (AvgIpc) is 3.16. The second-order valence-electron chi connectivity index (χ2n) is 6.51. The molecular weight excluding hydrogens is 304 g/mol. The van der Waals surface area contributed by atoms with E-state index in [9.17, 15) is 0 Å². The number of anilines is 1. The smallest absolute Gasteiger partial charge is 0.0809 e. The first-order valence-corrected chi connectivity index (χ1v) is 9.23. The number of benzene rings is 1. The molecular formula is C19H30N2O3. The van der Waals surface area contributed by atoms with Gasteiger partial charge in [0.15, 0.2) is 0 Å². The highest BCUT2D eigenvalue weighted by atomic mass is 16.5. The average molecular weight is 334 g/mol. The summed E-state index contributed by atoms with van der Waals surface area (Å²) in [6.45, 7) is 8.00. The topological polar surface area (TPSA) is 43.0 Å². The fourth-order valence-corrected chi connectivity index (χ4v) is 3.17. The van der Waals surface area contributed by atoms with Crippen LogP contribution in [-0.2, 0) is 20.8 Å². The quantitative estimate of drug-likeness (QED) is 0.701. The van der Waals surface area contributed by atoms with Crippen LogP contribution >= 0.6 is 0 Å². The van der Waals surface area contributed by atoms with Crippen molar-refractivity contribution < 1.29 is 14.2 Å². The Morgan fingerprint density at radius 2 is 1.96 bits per heavy atom. The van der Waals surface area contributed by atoms with E-state index in [2.05, 4.69) is 34.5 Å². The van der Waals surface area contributed by atoms with Gasteiger partial charge in [0.05, 0.1) is 25.9 Å². The fraction of sp³-hybridized carbons (Fsp3) is 0.684. The summed E-state index contributed by atoms with van der Waals surface area (Å²) in [5.41, 5.74) is 2.62. The maximum absolute atomic E-state index is 5.67. The van der Waals surface area contributed by atoms with Gasteiger partial charge in [-0.3, -0.25) is 0 Å². The lowest BCUT2D eigenvalue weighted by molar-refractivity contribution is 0.0166. The SMILES string of the molecule is c1cc(N2CCOCC2)ccc1CNCCCOCC1CCCO1. The third kappa shape index (κ3) is 5.74. The van der Waals surface area contributed by atoms with Gasteiger partial charge in [-0.15, -0.1) is 0 Å². The molecule has 2 aliphatic rings. The third-order valence-electron chi connectivity index (χ3n) is 4.61. The predicted molar refractivity (Wildman–Crippen MR) is 95.6 cm³/mol. The molecule has 0 spiro atoms. The Balaban J connectivity index is 1.25. The zero-order valence-electron chi connectivity index (χ0n) is 14.5. The first kappa shape index (κ1) is 17.7. The van der Waals surface area contributed by atoms with Crippen LogP contribution in [0.4, 0.5) is 5.69 Å². The van der Waals surface area contributed by atoms with E-state index in [1.807, 2.05) is 0 Å². The molecule has 134 valence electrons. The van der Waals surface area contributed by atoms with Crippen molar-refractivity contribution in [3.8, 4) is 0 Å². The van der Waals surface area contributed by atoms with Crippen LogP contribution in [0.15, 0.2) is 24.3 Å². The summed E-state index contributed by atoms with van der Waals surface area (Å²) in [6, 6.07) is 8.86. The number of hydrogen-bond donors (Lipinski definition) is 1. The predicted octanol–water partition coefficient (Wildman–Crippen LogP) is 2.20. The van der Waals surface area contributed by atoms with Crippen molar-refractivity contribution >= 4 is 5.69 Å². The fourth-order valence-electron chi connectivity index (χ4n) is 3.17. The molecule has 2 saturated heterocycles. The lowest BCUT2D eigenvalue weighted by atomic mass is 10.2. The molecule has 1 atom stereocenters. The van der Waals surface area contributed by atoms with Crippen molar-refractivity contribution in [2.45, 2.75) is 31.9 Å². The molecule has 2 fully saturated rings. The van der Waals surface area contributed by atoms with Gasteiger partial charge in [0.2, 0.25) is 0 Å². The summed E-state index contributed by atoms with van der Waals surface area (Å²) >= 11 is 0. The van der Waals surface area contributed by atoms with Gasteiger partial charge in [-0.25, -0.2) is 0 Å². The maximum Gasteiger partial charge on any atom is 0.0809 e. The molecule has 0 aromatic heterocycles. The van der Waals surface area contributed by atoms with Crippen LogP contribution in [0.1, 0.15) is 24.8 Å². The van der Waals surface area contributed by atoms with Gasteiger partial charge in [-0.2, -0.15) is 0 Å². The minimum Gasteiger partial charge on any atom is -0.379 e. The van der Waals surface area contributed by atoms with E-state index >= 15 is 0 Å². The van der Waals surface area contributed by atoms with E-state index in [0.717, 1.165) is 72.1 Å². The minimum atomic E-state index is 0.336. The van der Waals surface area contributed by atoms with Gasteiger partial charge in [-0.05, 0) is 43.5 Å². The van der Waals surface area contributed by atoms with Crippen molar-refractivity contribution in [2.75, 3.05) is 57.6 Å². The number of morpholine rings is 1.